The molecule has 2 heterocycles. The molecule has 7 nitrogen and oxygen atoms in total. The molecular weight excluding hydrogens is 410 g/mol. The van der Waals surface area contributed by atoms with Crippen molar-refractivity contribution in [3.05, 3.63) is 58.6 Å². The Bertz CT molecular complexity index is 1030. The van der Waals surface area contributed by atoms with Crippen LogP contribution < -0.4 is 4.74 Å². The Morgan fingerprint density at radius 3 is 2.44 bits per heavy atom. The highest BCUT2D eigenvalue weighted by Gasteiger charge is 2.47. The highest BCUT2D eigenvalue weighted by Crippen LogP contribution is 2.40. The lowest BCUT2D eigenvalue weighted by molar-refractivity contribution is -0.140. The van der Waals surface area contributed by atoms with Crippen molar-refractivity contribution in [1.29, 1.82) is 0 Å². The maximum Gasteiger partial charge on any atom is 0.295 e. The third kappa shape index (κ3) is 4.58. The summed E-state index contributed by atoms with van der Waals surface area (Å²) in [6, 6.07) is 7.89. The molecule has 2 aromatic rings. The zero-order chi connectivity index (χ0) is 23.6. The number of carbonyl (C=O) groups is 2. The van der Waals surface area contributed by atoms with Crippen molar-refractivity contribution in [2.24, 2.45) is 0 Å². The van der Waals surface area contributed by atoms with E-state index in [-0.39, 0.29) is 36.5 Å². The van der Waals surface area contributed by atoms with Gasteiger partial charge in [0.1, 0.15) is 29.1 Å². The molecule has 1 N–H and O–H groups in total. The number of likely N-dealkylation sites (tertiary alicyclic amines) is 1. The number of benzene rings is 1. The van der Waals surface area contributed by atoms with Crippen LogP contribution in [0.1, 0.15) is 62.3 Å². The number of aliphatic hydroxyl groups is 1. The molecule has 172 valence electrons. The predicted molar refractivity (Wildman–Crippen MR) is 121 cm³/mol. The Morgan fingerprint density at radius 1 is 1.16 bits per heavy atom. The van der Waals surface area contributed by atoms with Crippen molar-refractivity contribution < 1.29 is 28.6 Å². The minimum atomic E-state index is -0.830. The average molecular weight is 442 g/mol. The SMILES string of the molecule is COc1ccc(/C(O)=C2/C(=O)C(=O)N(CCOC(C)C)C2c2ccc(C)o2)cc1C(C)C. The second kappa shape index (κ2) is 9.61. The highest BCUT2D eigenvalue weighted by atomic mass is 16.5. The third-order valence-corrected chi connectivity index (χ3v) is 5.48. The highest BCUT2D eigenvalue weighted by molar-refractivity contribution is 6.46. The Labute approximate surface area is 188 Å². The topological polar surface area (TPSA) is 89.2 Å². The lowest BCUT2D eigenvalue weighted by atomic mass is 9.95. The van der Waals surface area contributed by atoms with Crippen molar-refractivity contribution >= 4 is 17.4 Å². The van der Waals surface area contributed by atoms with Crippen LogP contribution in [0.2, 0.25) is 0 Å². The summed E-state index contributed by atoms with van der Waals surface area (Å²) >= 11 is 0. The monoisotopic (exact) mass is 441 g/mol. The summed E-state index contributed by atoms with van der Waals surface area (Å²) in [5.41, 5.74) is 1.34. The number of ketones is 1. The Hall–Kier alpha value is -3.06. The molecule has 1 aromatic carbocycles. The van der Waals surface area contributed by atoms with Gasteiger partial charge in [-0.05, 0) is 62.6 Å². The number of aryl methyl sites for hydroxylation is 1. The molecule has 0 spiro atoms. The van der Waals surface area contributed by atoms with E-state index in [1.807, 2.05) is 27.7 Å². The molecule has 1 unspecified atom stereocenters. The summed E-state index contributed by atoms with van der Waals surface area (Å²) in [6.07, 6.45) is -0.00937. The third-order valence-electron chi connectivity index (χ3n) is 5.48. The molecule has 1 amide bonds. The van der Waals surface area contributed by atoms with E-state index in [4.69, 9.17) is 13.9 Å². The zero-order valence-corrected chi connectivity index (χ0v) is 19.5. The van der Waals surface area contributed by atoms with Crippen molar-refractivity contribution in [3.8, 4) is 5.75 Å². The molecule has 0 radical (unpaired) electrons. The molecule has 1 saturated heterocycles. The molecule has 3 rings (SSSR count). The van der Waals surface area contributed by atoms with Gasteiger partial charge in [-0.1, -0.05) is 13.8 Å². The molecule has 1 atom stereocenters. The number of hydrogen-bond donors (Lipinski definition) is 1. The Kier molecular flexibility index (Phi) is 7.09. The van der Waals surface area contributed by atoms with E-state index in [1.165, 1.54) is 4.90 Å². The molecular formula is C25H31NO6. The zero-order valence-electron chi connectivity index (χ0n) is 19.5. The van der Waals surface area contributed by atoms with Gasteiger partial charge in [0, 0.05) is 12.1 Å². The van der Waals surface area contributed by atoms with Gasteiger partial charge >= 0.3 is 0 Å². The second-order valence-electron chi connectivity index (χ2n) is 8.47. The van der Waals surface area contributed by atoms with Crippen LogP contribution in [0.15, 0.2) is 40.3 Å². The first-order valence-corrected chi connectivity index (χ1v) is 10.8. The van der Waals surface area contributed by atoms with E-state index in [2.05, 4.69) is 0 Å². The second-order valence-corrected chi connectivity index (χ2v) is 8.47. The molecule has 0 bridgehead atoms. The molecule has 1 fully saturated rings. The van der Waals surface area contributed by atoms with Crippen molar-refractivity contribution in [1.82, 2.24) is 4.90 Å². The molecule has 32 heavy (non-hydrogen) atoms. The quantitative estimate of drug-likeness (QED) is 0.367. The number of Topliss-reactive ketones (excluding diaryl/α,β-unsaturated/α-hetero) is 1. The lowest BCUT2D eigenvalue weighted by Crippen LogP contribution is -2.33. The van der Waals surface area contributed by atoms with Crippen molar-refractivity contribution in [2.45, 2.75) is 52.7 Å². The predicted octanol–water partition coefficient (Wildman–Crippen LogP) is 4.57. The van der Waals surface area contributed by atoms with E-state index in [9.17, 15) is 14.7 Å². The number of hydrogen-bond acceptors (Lipinski definition) is 6. The van der Waals surface area contributed by atoms with Gasteiger partial charge in [-0.25, -0.2) is 0 Å². The minimum absolute atomic E-state index is 0.00812. The number of ether oxygens (including phenoxy) is 2. The van der Waals surface area contributed by atoms with E-state index in [0.29, 0.717) is 22.8 Å². The fourth-order valence-corrected chi connectivity index (χ4v) is 3.88. The van der Waals surface area contributed by atoms with Crippen LogP contribution >= 0.6 is 0 Å². The first-order valence-electron chi connectivity index (χ1n) is 10.8. The van der Waals surface area contributed by atoms with Gasteiger partial charge in [0.15, 0.2) is 0 Å². The molecule has 1 aliphatic rings. The summed E-state index contributed by atoms with van der Waals surface area (Å²) in [5, 5.41) is 11.2. The van der Waals surface area contributed by atoms with Crippen LogP contribution in [-0.2, 0) is 14.3 Å². The summed E-state index contributed by atoms with van der Waals surface area (Å²) < 4.78 is 16.8. The van der Waals surface area contributed by atoms with Crippen molar-refractivity contribution in [3.63, 3.8) is 0 Å². The fourth-order valence-electron chi connectivity index (χ4n) is 3.88. The lowest BCUT2D eigenvalue weighted by Gasteiger charge is -2.23. The van der Waals surface area contributed by atoms with E-state index < -0.39 is 17.7 Å². The van der Waals surface area contributed by atoms with Gasteiger partial charge in [0.05, 0.1) is 25.4 Å². The van der Waals surface area contributed by atoms with Crippen LogP contribution in [0.5, 0.6) is 5.75 Å². The maximum atomic E-state index is 13.0. The number of amides is 1. The number of rotatable bonds is 8. The minimum Gasteiger partial charge on any atom is -0.507 e. The van der Waals surface area contributed by atoms with E-state index >= 15 is 0 Å². The van der Waals surface area contributed by atoms with Crippen LogP contribution in [0.4, 0.5) is 0 Å². The van der Waals surface area contributed by atoms with Gasteiger partial charge in [-0.3, -0.25) is 9.59 Å². The van der Waals surface area contributed by atoms with Gasteiger partial charge in [0.2, 0.25) is 0 Å². The van der Waals surface area contributed by atoms with Gasteiger partial charge in [0.25, 0.3) is 11.7 Å². The average Bonchev–Trinajstić information content (AvgIpc) is 3.28. The summed E-state index contributed by atoms with van der Waals surface area (Å²) in [5.74, 6) is 0.238. The normalized spacial score (nSPS) is 18.2. The van der Waals surface area contributed by atoms with Gasteiger partial charge < -0.3 is 23.9 Å². The Balaban J connectivity index is 2.11. The molecule has 1 aromatic heterocycles. The van der Waals surface area contributed by atoms with Crippen LogP contribution in [-0.4, -0.2) is 48.1 Å². The number of methoxy groups -OCH3 is 1. The Morgan fingerprint density at radius 2 is 1.88 bits per heavy atom. The largest absolute Gasteiger partial charge is 0.507 e. The van der Waals surface area contributed by atoms with Crippen LogP contribution in [0, 0.1) is 6.92 Å². The first-order chi connectivity index (χ1) is 15.1. The van der Waals surface area contributed by atoms with Gasteiger partial charge in [-0.2, -0.15) is 0 Å². The van der Waals surface area contributed by atoms with Gasteiger partial charge in [-0.15, -0.1) is 0 Å². The number of aliphatic hydroxyl groups excluding tert-OH is 1. The number of furan rings is 1. The maximum absolute atomic E-state index is 13.0. The summed E-state index contributed by atoms with van der Waals surface area (Å²) in [4.78, 5) is 27.4. The van der Waals surface area contributed by atoms with Crippen LogP contribution in [0.3, 0.4) is 0 Å². The molecule has 0 saturated carbocycles. The van der Waals surface area contributed by atoms with Crippen LogP contribution in [0.25, 0.3) is 5.76 Å². The summed E-state index contributed by atoms with van der Waals surface area (Å²) in [6.45, 7) is 10.1. The number of carbonyl (C=O) groups excluding carboxylic acids is 2. The fraction of sp³-hybridized carbons (Fsp3) is 0.440. The van der Waals surface area contributed by atoms with E-state index in [1.54, 1.807) is 44.4 Å². The molecule has 1 aliphatic heterocycles. The number of nitrogens with zero attached hydrogens (tertiary/aromatic N) is 1. The smallest absolute Gasteiger partial charge is 0.295 e. The molecule has 0 aliphatic carbocycles. The standard InChI is InChI=1S/C25H31NO6/c1-14(2)18-13-17(8-10-19(18)30-6)23(27)21-22(20-9-7-16(5)32-20)26(25(29)24(21)28)11-12-31-15(3)4/h7-10,13-15,22,27H,11-12H2,1-6H3/b23-21-. The molecule has 7 heteroatoms. The first kappa shape index (κ1) is 23.6. The summed E-state index contributed by atoms with van der Waals surface area (Å²) in [7, 11) is 1.59. The van der Waals surface area contributed by atoms with E-state index in [0.717, 1.165) is 5.56 Å². The van der Waals surface area contributed by atoms with Crippen molar-refractivity contribution in [2.75, 3.05) is 20.3 Å².